The zero-order valence-corrected chi connectivity index (χ0v) is 16.6. The first kappa shape index (κ1) is 20.6. The molecule has 146 valence electrons. The molecule has 0 aromatic rings. The molecule has 0 aromatic carbocycles. The largest absolute Gasteiger partial charge is 0.463 e. The summed E-state index contributed by atoms with van der Waals surface area (Å²) < 4.78 is 10.9. The molecule has 1 aliphatic heterocycles. The maximum Gasteiger partial charge on any atom is 0.336 e. The van der Waals surface area contributed by atoms with E-state index in [-0.39, 0.29) is 42.2 Å². The summed E-state index contributed by atoms with van der Waals surface area (Å²) in [5, 5.41) is 3.35. The summed E-state index contributed by atoms with van der Waals surface area (Å²) in [6.45, 7) is 11.4. The van der Waals surface area contributed by atoms with E-state index in [9.17, 15) is 9.59 Å². The third-order valence-electron chi connectivity index (χ3n) is 4.84. The fourth-order valence-electron chi connectivity index (χ4n) is 3.89. The number of Topliss-reactive ketones (excluding diaryl/α,β-unsaturated/α-hetero) is 1. The lowest BCUT2D eigenvalue weighted by Crippen LogP contribution is -2.42. The standard InChI is InChI=1S/C20H32N2O4/c1-6-26-19(24)18-14(11-25-8-7-21)22-13-9-20(4,5)10-15(23)17(13)16(18)12(2)3/h12,16,22H,6-11,21H2,1-5H3. The maximum absolute atomic E-state index is 12.9. The van der Waals surface area contributed by atoms with Crippen molar-refractivity contribution < 1.29 is 19.1 Å². The summed E-state index contributed by atoms with van der Waals surface area (Å²) in [7, 11) is 0. The number of carbonyl (C=O) groups is 2. The van der Waals surface area contributed by atoms with Gasteiger partial charge in [-0.05, 0) is 24.7 Å². The van der Waals surface area contributed by atoms with Crippen LogP contribution in [0.5, 0.6) is 0 Å². The molecular weight excluding hydrogens is 332 g/mol. The molecule has 1 heterocycles. The summed E-state index contributed by atoms with van der Waals surface area (Å²) in [4.78, 5) is 25.7. The predicted octanol–water partition coefficient (Wildman–Crippen LogP) is 2.30. The zero-order valence-electron chi connectivity index (χ0n) is 16.6. The van der Waals surface area contributed by atoms with Gasteiger partial charge in [-0.1, -0.05) is 27.7 Å². The van der Waals surface area contributed by atoms with E-state index in [0.717, 1.165) is 17.7 Å². The van der Waals surface area contributed by atoms with Crippen molar-refractivity contribution in [2.45, 2.75) is 47.5 Å². The smallest absolute Gasteiger partial charge is 0.336 e. The van der Waals surface area contributed by atoms with E-state index in [4.69, 9.17) is 15.2 Å². The van der Waals surface area contributed by atoms with Gasteiger partial charge in [0.15, 0.2) is 5.78 Å². The lowest BCUT2D eigenvalue weighted by molar-refractivity contribution is -0.139. The molecule has 2 rings (SSSR count). The number of dihydropyridines is 1. The minimum atomic E-state index is -0.380. The minimum Gasteiger partial charge on any atom is -0.463 e. The molecule has 0 amide bonds. The number of nitrogens with two attached hydrogens (primary N) is 1. The van der Waals surface area contributed by atoms with Crippen LogP contribution in [-0.4, -0.2) is 38.1 Å². The number of hydrogen-bond acceptors (Lipinski definition) is 6. The average molecular weight is 364 g/mol. The lowest BCUT2D eigenvalue weighted by Gasteiger charge is -2.41. The first-order valence-corrected chi connectivity index (χ1v) is 9.43. The third-order valence-corrected chi connectivity index (χ3v) is 4.84. The first-order valence-electron chi connectivity index (χ1n) is 9.43. The van der Waals surface area contributed by atoms with Crippen molar-refractivity contribution in [2.75, 3.05) is 26.4 Å². The highest BCUT2D eigenvalue weighted by Gasteiger charge is 2.44. The fraction of sp³-hybridized carbons (Fsp3) is 0.700. The SMILES string of the molecule is CCOC(=O)C1=C(COCCN)NC2=C(C(=O)CC(C)(C)C2)C1C(C)C. The minimum absolute atomic E-state index is 0.0937. The highest BCUT2D eigenvalue weighted by atomic mass is 16.5. The van der Waals surface area contributed by atoms with Gasteiger partial charge >= 0.3 is 5.97 Å². The highest BCUT2D eigenvalue weighted by molar-refractivity contribution is 6.02. The van der Waals surface area contributed by atoms with Gasteiger partial charge in [-0.2, -0.15) is 0 Å². The lowest BCUT2D eigenvalue weighted by atomic mass is 9.67. The molecule has 0 saturated heterocycles. The normalized spacial score (nSPS) is 22.4. The summed E-state index contributed by atoms with van der Waals surface area (Å²) in [5.74, 6) is -0.443. The molecule has 0 fully saturated rings. The van der Waals surface area contributed by atoms with Crippen LogP contribution < -0.4 is 11.1 Å². The number of ketones is 1. The van der Waals surface area contributed by atoms with E-state index in [1.54, 1.807) is 6.92 Å². The Kier molecular flexibility index (Phi) is 6.64. The van der Waals surface area contributed by atoms with Crippen LogP contribution in [-0.2, 0) is 19.1 Å². The van der Waals surface area contributed by atoms with Crippen molar-refractivity contribution >= 4 is 11.8 Å². The molecule has 0 spiro atoms. The summed E-state index contributed by atoms with van der Waals surface area (Å²) >= 11 is 0. The Bertz CT molecular complexity index is 632. The van der Waals surface area contributed by atoms with Gasteiger partial charge < -0.3 is 20.5 Å². The van der Waals surface area contributed by atoms with Crippen molar-refractivity contribution in [2.24, 2.45) is 23.0 Å². The molecule has 1 aliphatic carbocycles. The number of carbonyl (C=O) groups excluding carboxylic acids is 2. The van der Waals surface area contributed by atoms with Crippen molar-refractivity contribution in [1.29, 1.82) is 0 Å². The summed E-state index contributed by atoms with van der Waals surface area (Å²) in [5.41, 5.74) is 8.29. The fourth-order valence-corrected chi connectivity index (χ4v) is 3.89. The van der Waals surface area contributed by atoms with Crippen LogP contribution in [0, 0.1) is 17.3 Å². The second kappa shape index (κ2) is 8.35. The van der Waals surface area contributed by atoms with Gasteiger partial charge in [-0.15, -0.1) is 0 Å². The second-order valence-corrected chi connectivity index (χ2v) is 8.13. The molecular formula is C20H32N2O4. The Labute approximate surface area is 156 Å². The molecule has 26 heavy (non-hydrogen) atoms. The molecule has 1 atom stereocenters. The van der Waals surface area contributed by atoms with Gasteiger partial charge in [0.05, 0.1) is 31.1 Å². The van der Waals surface area contributed by atoms with Crippen molar-refractivity contribution in [3.05, 3.63) is 22.5 Å². The second-order valence-electron chi connectivity index (χ2n) is 8.13. The van der Waals surface area contributed by atoms with Gasteiger partial charge in [0, 0.05) is 30.2 Å². The molecule has 1 unspecified atom stereocenters. The number of allylic oxidation sites excluding steroid dienone is 2. The Morgan fingerprint density at radius 3 is 2.62 bits per heavy atom. The zero-order chi connectivity index (χ0) is 19.5. The summed E-state index contributed by atoms with van der Waals surface area (Å²) in [6, 6.07) is 0. The number of nitrogens with one attached hydrogen (secondary N) is 1. The third kappa shape index (κ3) is 4.35. The Hall–Kier alpha value is -1.66. The highest BCUT2D eigenvalue weighted by Crippen LogP contribution is 2.45. The van der Waals surface area contributed by atoms with Crippen LogP contribution in [0.3, 0.4) is 0 Å². The first-order chi connectivity index (χ1) is 12.2. The van der Waals surface area contributed by atoms with E-state index >= 15 is 0 Å². The van der Waals surface area contributed by atoms with Gasteiger partial charge in [0.25, 0.3) is 0 Å². The van der Waals surface area contributed by atoms with E-state index in [0.29, 0.717) is 30.8 Å². The molecule has 0 saturated carbocycles. The Morgan fingerprint density at radius 2 is 2.04 bits per heavy atom. The number of esters is 1. The monoisotopic (exact) mass is 364 g/mol. The maximum atomic E-state index is 12.9. The predicted molar refractivity (Wildman–Crippen MR) is 100 cm³/mol. The average Bonchev–Trinajstić information content (AvgIpc) is 2.52. The molecule has 0 bridgehead atoms. The van der Waals surface area contributed by atoms with Crippen molar-refractivity contribution in [3.8, 4) is 0 Å². The topological polar surface area (TPSA) is 90.7 Å². The van der Waals surface area contributed by atoms with Gasteiger partial charge in [-0.3, -0.25) is 4.79 Å². The van der Waals surface area contributed by atoms with Crippen LogP contribution in [0.4, 0.5) is 0 Å². The quantitative estimate of drug-likeness (QED) is 0.532. The summed E-state index contributed by atoms with van der Waals surface area (Å²) in [6.07, 6.45) is 1.26. The molecule has 0 aromatic heterocycles. The van der Waals surface area contributed by atoms with E-state index in [1.165, 1.54) is 0 Å². The van der Waals surface area contributed by atoms with E-state index in [2.05, 4.69) is 19.2 Å². The van der Waals surface area contributed by atoms with Gasteiger partial charge in [0.1, 0.15) is 0 Å². The van der Waals surface area contributed by atoms with Gasteiger partial charge in [-0.25, -0.2) is 4.79 Å². The van der Waals surface area contributed by atoms with E-state index in [1.807, 2.05) is 13.8 Å². The van der Waals surface area contributed by atoms with Crippen LogP contribution >= 0.6 is 0 Å². The van der Waals surface area contributed by atoms with Gasteiger partial charge in [0.2, 0.25) is 0 Å². The van der Waals surface area contributed by atoms with Crippen molar-refractivity contribution in [3.63, 3.8) is 0 Å². The molecule has 2 aliphatic rings. The number of rotatable bonds is 7. The van der Waals surface area contributed by atoms with Crippen LogP contribution in [0.1, 0.15) is 47.5 Å². The Morgan fingerprint density at radius 1 is 1.35 bits per heavy atom. The molecule has 6 nitrogen and oxygen atoms in total. The van der Waals surface area contributed by atoms with Crippen LogP contribution in [0.25, 0.3) is 0 Å². The Balaban J connectivity index is 2.50. The molecule has 3 N–H and O–H groups in total. The number of ether oxygens (including phenoxy) is 2. The van der Waals surface area contributed by atoms with Crippen LogP contribution in [0.2, 0.25) is 0 Å². The van der Waals surface area contributed by atoms with Crippen molar-refractivity contribution in [1.82, 2.24) is 5.32 Å². The molecule has 0 radical (unpaired) electrons. The van der Waals surface area contributed by atoms with E-state index < -0.39 is 0 Å². The number of hydrogen-bond donors (Lipinski definition) is 2. The molecule has 6 heteroatoms. The van der Waals surface area contributed by atoms with Crippen LogP contribution in [0.15, 0.2) is 22.5 Å².